The first-order chi connectivity index (χ1) is 11.2. The number of nitrogens with one attached hydrogen (secondary N) is 1. The zero-order valence-electron chi connectivity index (χ0n) is 13.8. The minimum Gasteiger partial charge on any atom is -0.508 e. The highest BCUT2D eigenvalue weighted by molar-refractivity contribution is 5.78. The molecule has 0 aliphatic rings. The molecule has 0 heterocycles. The fraction of sp³-hybridized carbons (Fsp3) is 0.588. The first-order valence-corrected chi connectivity index (χ1v) is 8.34. The number of amides is 1. The normalized spacial score (nSPS) is 10.7. The molecule has 6 heteroatoms. The number of hydrogen-bond donors (Lipinski definition) is 4. The van der Waals surface area contributed by atoms with Crippen molar-refractivity contribution in [2.75, 3.05) is 39.3 Å². The highest BCUT2D eigenvalue weighted by Gasteiger charge is 2.13. The molecule has 0 aliphatic heterocycles. The Labute approximate surface area is 138 Å². The summed E-state index contributed by atoms with van der Waals surface area (Å²) in [6.45, 7) is 4.49. The van der Waals surface area contributed by atoms with Crippen molar-refractivity contribution < 1.29 is 9.90 Å². The van der Waals surface area contributed by atoms with Crippen LogP contribution < -0.4 is 16.8 Å². The van der Waals surface area contributed by atoms with E-state index in [1.165, 1.54) is 0 Å². The van der Waals surface area contributed by atoms with Crippen molar-refractivity contribution in [3.63, 3.8) is 0 Å². The van der Waals surface area contributed by atoms with Gasteiger partial charge in [-0.2, -0.15) is 0 Å². The molecular formula is C17H30N4O2. The molecule has 23 heavy (non-hydrogen) atoms. The predicted octanol–water partition coefficient (Wildman–Crippen LogP) is 0.441. The van der Waals surface area contributed by atoms with Gasteiger partial charge in [0.2, 0.25) is 5.91 Å². The second-order valence-electron chi connectivity index (χ2n) is 5.61. The third-order valence-corrected chi connectivity index (χ3v) is 3.62. The Balaban J connectivity index is 2.41. The fourth-order valence-electron chi connectivity index (χ4n) is 2.29. The van der Waals surface area contributed by atoms with Crippen molar-refractivity contribution in [3.05, 3.63) is 29.8 Å². The van der Waals surface area contributed by atoms with E-state index in [4.69, 9.17) is 11.5 Å². The SMILES string of the molecule is NCCCNCCCN(CCCN)C(=O)Cc1ccc(O)cc1. The van der Waals surface area contributed by atoms with Gasteiger partial charge >= 0.3 is 0 Å². The van der Waals surface area contributed by atoms with E-state index in [0.717, 1.165) is 44.5 Å². The lowest BCUT2D eigenvalue weighted by atomic mass is 10.1. The maximum absolute atomic E-state index is 12.5. The molecule has 0 saturated carbocycles. The van der Waals surface area contributed by atoms with Gasteiger partial charge in [-0.3, -0.25) is 4.79 Å². The number of phenols is 1. The second-order valence-corrected chi connectivity index (χ2v) is 5.61. The number of phenolic OH excluding ortho intramolecular Hbond substituents is 1. The smallest absolute Gasteiger partial charge is 0.226 e. The number of carbonyl (C=O) groups is 1. The Bertz CT molecular complexity index is 437. The lowest BCUT2D eigenvalue weighted by Crippen LogP contribution is -2.36. The fourth-order valence-corrected chi connectivity index (χ4v) is 2.29. The molecule has 0 spiro atoms. The quantitative estimate of drug-likeness (QED) is 0.418. The molecule has 6 N–H and O–H groups in total. The summed E-state index contributed by atoms with van der Waals surface area (Å²) < 4.78 is 0. The molecule has 0 aliphatic carbocycles. The Morgan fingerprint density at radius 3 is 2.26 bits per heavy atom. The van der Waals surface area contributed by atoms with Crippen LogP contribution in [0.4, 0.5) is 0 Å². The van der Waals surface area contributed by atoms with Crippen LogP contribution >= 0.6 is 0 Å². The molecule has 130 valence electrons. The van der Waals surface area contributed by atoms with E-state index in [2.05, 4.69) is 5.32 Å². The number of aromatic hydroxyl groups is 1. The molecule has 0 fully saturated rings. The third kappa shape index (κ3) is 8.54. The van der Waals surface area contributed by atoms with Crippen molar-refractivity contribution in [3.8, 4) is 5.75 Å². The van der Waals surface area contributed by atoms with E-state index < -0.39 is 0 Å². The van der Waals surface area contributed by atoms with Gasteiger partial charge in [0.1, 0.15) is 5.75 Å². The second kappa shape index (κ2) is 11.9. The van der Waals surface area contributed by atoms with E-state index in [9.17, 15) is 9.90 Å². The minimum atomic E-state index is 0.103. The number of hydrogen-bond acceptors (Lipinski definition) is 5. The van der Waals surface area contributed by atoms with Gasteiger partial charge in [-0.1, -0.05) is 12.1 Å². The maximum Gasteiger partial charge on any atom is 0.226 e. The summed E-state index contributed by atoms with van der Waals surface area (Å²) in [4.78, 5) is 14.3. The third-order valence-electron chi connectivity index (χ3n) is 3.62. The Kier molecular flexibility index (Phi) is 10.0. The number of nitrogens with two attached hydrogens (primary N) is 2. The molecular weight excluding hydrogens is 292 g/mol. The molecule has 1 rings (SSSR count). The first-order valence-electron chi connectivity index (χ1n) is 8.34. The van der Waals surface area contributed by atoms with E-state index in [1.54, 1.807) is 24.3 Å². The Morgan fingerprint density at radius 1 is 1.00 bits per heavy atom. The van der Waals surface area contributed by atoms with Gasteiger partial charge in [0.05, 0.1) is 6.42 Å². The molecule has 1 aromatic carbocycles. The highest BCUT2D eigenvalue weighted by Crippen LogP contribution is 2.11. The monoisotopic (exact) mass is 322 g/mol. The van der Waals surface area contributed by atoms with Gasteiger partial charge in [0.25, 0.3) is 0 Å². The molecule has 6 nitrogen and oxygen atoms in total. The van der Waals surface area contributed by atoms with Crippen LogP contribution in [0.2, 0.25) is 0 Å². The maximum atomic E-state index is 12.5. The van der Waals surface area contributed by atoms with Crippen LogP contribution in [0, 0.1) is 0 Å². The lowest BCUT2D eigenvalue weighted by molar-refractivity contribution is -0.130. The average Bonchev–Trinajstić information content (AvgIpc) is 2.55. The van der Waals surface area contributed by atoms with E-state index in [0.29, 0.717) is 26.1 Å². The Morgan fingerprint density at radius 2 is 1.61 bits per heavy atom. The van der Waals surface area contributed by atoms with Gasteiger partial charge in [-0.15, -0.1) is 0 Å². The number of rotatable bonds is 12. The van der Waals surface area contributed by atoms with Crippen molar-refractivity contribution in [1.29, 1.82) is 0 Å². The molecule has 0 radical (unpaired) electrons. The largest absolute Gasteiger partial charge is 0.508 e. The van der Waals surface area contributed by atoms with Crippen molar-refractivity contribution >= 4 is 5.91 Å². The van der Waals surface area contributed by atoms with Crippen LogP contribution in [0.25, 0.3) is 0 Å². The minimum absolute atomic E-state index is 0.103. The molecule has 0 saturated heterocycles. The average molecular weight is 322 g/mol. The van der Waals surface area contributed by atoms with Gasteiger partial charge in [-0.25, -0.2) is 0 Å². The number of nitrogens with zero attached hydrogens (tertiary/aromatic N) is 1. The van der Waals surface area contributed by atoms with Gasteiger partial charge in [-0.05, 0) is 63.1 Å². The van der Waals surface area contributed by atoms with Crippen LogP contribution in [-0.4, -0.2) is 55.2 Å². The van der Waals surface area contributed by atoms with Gasteiger partial charge < -0.3 is 26.8 Å². The summed E-state index contributed by atoms with van der Waals surface area (Å²) in [6, 6.07) is 6.77. The summed E-state index contributed by atoms with van der Waals surface area (Å²) in [5.74, 6) is 0.316. The zero-order valence-corrected chi connectivity index (χ0v) is 13.8. The van der Waals surface area contributed by atoms with E-state index in [1.807, 2.05) is 4.90 Å². The van der Waals surface area contributed by atoms with Crippen LogP contribution in [-0.2, 0) is 11.2 Å². The highest BCUT2D eigenvalue weighted by atomic mass is 16.3. The van der Waals surface area contributed by atoms with Crippen LogP contribution in [0.15, 0.2) is 24.3 Å². The van der Waals surface area contributed by atoms with E-state index >= 15 is 0 Å². The summed E-state index contributed by atoms with van der Waals surface area (Å²) in [7, 11) is 0. The standard InChI is InChI=1S/C17H30N4O2/c18-8-1-10-20-11-3-13-21(12-2-9-19)17(23)14-15-4-6-16(22)7-5-15/h4-7,20,22H,1-3,8-14,18-19H2. The lowest BCUT2D eigenvalue weighted by Gasteiger charge is -2.23. The molecule has 1 amide bonds. The van der Waals surface area contributed by atoms with Gasteiger partial charge in [0.15, 0.2) is 0 Å². The summed E-state index contributed by atoms with van der Waals surface area (Å²) in [5, 5.41) is 12.6. The van der Waals surface area contributed by atoms with Gasteiger partial charge in [0, 0.05) is 13.1 Å². The molecule has 0 atom stereocenters. The molecule has 0 aromatic heterocycles. The van der Waals surface area contributed by atoms with Crippen LogP contribution in [0.1, 0.15) is 24.8 Å². The molecule has 0 bridgehead atoms. The number of benzene rings is 1. The van der Waals surface area contributed by atoms with E-state index in [-0.39, 0.29) is 11.7 Å². The van der Waals surface area contributed by atoms with Crippen molar-refractivity contribution in [2.45, 2.75) is 25.7 Å². The van der Waals surface area contributed by atoms with Crippen LogP contribution in [0.3, 0.4) is 0 Å². The molecule has 1 aromatic rings. The summed E-state index contributed by atoms with van der Waals surface area (Å²) >= 11 is 0. The number of carbonyl (C=O) groups excluding carboxylic acids is 1. The predicted molar refractivity (Wildman–Crippen MR) is 93.2 cm³/mol. The summed E-state index contributed by atoms with van der Waals surface area (Å²) in [6.07, 6.45) is 3.04. The summed E-state index contributed by atoms with van der Waals surface area (Å²) in [5.41, 5.74) is 11.9. The first kappa shape index (κ1) is 19.4. The Hall–Kier alpha value is -1.63. The van der Waals surface area contributed by atoms with Crippen LogP contribution in [0.5, 0.6) is 5.75 Å². The zero-order chi connectivity index (χ0) is 16.9. The van der Waals surface area contributed by atoms with Crippen molar-refractivity contribution in [1.82, 2.24) is 10.2 Å². The topological polar surface area (TPSA) is 105 Å². The molecule has 0 unspecified atom stereocenters. The van der Waals surface area contributed by atoms with Crippen molar-refractivity contribution in [2.24, 2.45) is 11.5 Å².